The van der Waals surface area contributed by atoms with E-state index in [9.17, 15) is 9.59 Å². The summed E-state index contributed by atoms with van der Waals surface area (Å²) in [6.45, 7) is 3.64. The molecule has 0 saturated carbocycles. The highest BCUT2D eigenvalue weighted by Crippen LogP contribution is 2.39. The number of hydrazone groups is 1. The van der Waals surface area contributed by atoms with E-state index in [0.717, 1.165) is 17.0 Å². The summed E-state index contributed by atoms with van der Waals surface area (Å²) < 4.78 is 12.9. The molecular formula is C23H31N5O4. The van der Waals surface area contributed by atoms with Crippen LogP contribution in [0.3, 0.4) is 0 Å². The number of methoxy groups -OCH3 is 2. The number of aryl methyl sites for hydroxylation is 1. The molecule has 0 aliphatic carbocycles. The highest BCUT2D eigenvalue weighted by Gasteiger charge is 2.36. The van der Waals surface area contributed by atoms with Gasteiger partial charge in [-0.15, -0.1) is 0 Å². The van der Waals surface area contributed by atoms with Crippen molar-refractivity contribution in [1.82, 2.24) is 19.8 Å². The van der Waals surface area contributed by atoms with E-state index in [1.54, 1.807) is 21.3 Å². The second kappa shape index (κ2) is 9.76. The number of carbonyl (C=O) groups excluding carboxylic acids is 2. The Balaban J connectivity index is 1.95. The molecule has 0 radical (unpaired) electrons. The number of carbonyl (C=O) groups is 2. The zero-order valence-electron chi connectivity index (χ0n) is 19.5. The summed E-state index contributed by atoms with van der Waals surface area (Å²) in [4.78, 5) is 27.0. The largest absolute Gasteiger partial charge is 0.497 e. The Morgan fingerprint density at radius 1 is 1.25 bits per heavy atom. The van der Waals surface area contributed by atoms with Crippen LogP contribution in [0.25, 0.3) is 0 Å². The predicted octanol–water partition coefficient (Wildman–Crippen LogP) is 2.77. The van der Waals surface area contributed by atoms with Gasteiger partial charge in [-0.1, -0.05) is 0 Å². The number of aromatic nitrogens is 1. The van der Waals surface area contributed by atoms with Gasteiger partial charge in [0.05, 0.1) is 31.7 Å². The number of ether oxygens (including phenoxy) is 2. The molecule has 1 N–H and O–H groups in total. The van der Waals surface area contributed by atoms with Gasteiger partial charge in [0, 0.05) is 38.3 Å². The second-order valence-corrected chi connectivity index (χ2v) is 8.08. The van der Waals surface area contributed by atoms with Gasteiger partial charge >= 0.3 is 6.03 Å². The molecule has 1 aromatic heterocycles. The smallest absolute Gasteiger partial charge is 0.317 e. The third-order valence-corrected chi connectivity index (χ3v) is 5.33. The minimum Gasteiger partial charge on any atom is -0.497 e. The first-order valence-electron chi connectivity index (χ1n) is 10.5. The van der Waals surface area contributed by atoms with Crippen LogP contribution in [-0.2, 0) is 11.8 Å². The summed E-state index contributed by atoms with van der Waals surface area (Å²) in [7, 11) is 6.72. The molecule has 9 nitrogen and oxygen atoms in total. The Morgan fingerprint density at radius 3 is 2.59 bits per heavy atom. The number of rotatable bonds is 7. The first kappa shape index (κ1) is 23.2. The van der Waals surface area contributed by atoms with Crippen LogP contribution in [-0.4, -0.2) is 66.0 Å². The quantitative estimate of drug-likeness (QED) is 0.716. The summed E-state index contributed by atoms with van der Waals surface area (Å²) in [6, 6.07) is 8.67. The molecule has 0 unspecified atom stereocenters. The molecule has 0 fully saturated rings. The van der Waals surface area contributed by atoms with Crippen LogP contribution in [0.2, 0.25) is 0 Å². The van der Waals surface area contributed by atoms with Gasteiger partial charge in [-0.05, 0) is 44.2 Å². The first-order valence-corrected chi connectivity index (χ1v) is 10.5. The lowest BCUT2D eigenvalue weighted by Crippen LogP contribution is -2.45. The van der Waals surface area contributed by atoms with E-state index in [0.29, 0.717) is 17.9 Å². The summed E-state index contributed by atoms with van der Waals surface area (Å²) >= 11 is 0. The topological polar surface area (TPSA) is 88.4 Å². The average molecular weight is 442 g/mol. The molecule has 1 aliphatic rings. The predicted molar refractivity (Wildman–Crippen MR) is 122 cm³/mol. The van der Waals surface area contributed by atoms with Gasteiger partial charge < -0.3 is 24.3 Å². The normalized spacial score (nSPS) is 15.5. The Bertz CT molecular complexity index is 1010. The maximum absolute atomic E-state index is 13.3. The van der Waals surface area contributed by atoms with Crippen LogP contribution in [0.1, 0.15) is 37.6 Å². The zero-order valence-corrected chi connectivity index (χ0v) is 19.5. The van der Waals surface area contributed by atoms with Gasteiger partial charge in [0.15, 0.2) is 0 Å². The summed E-state index contributed by atoms with van der Waals surface area (Å²) in [5, 5.41) is 8.93. The molecule has 32 heavy (non-hydrogen) atoms. The number of hydrogen-bond acceptors (Lipinski definition) is 5. The highest BCUT2D eigenvalue weighted by molar-refractivity contribution is 6.02. The van der Waals surface area contributed by atoms with Crippen molar-refractivity contribution >= 4 is 17.6 Å². The molecule has 9 heteroatoms. The lowest BCUT2D eigenvalue weighted by Gasteiger charge is -2.26. The van der Waals surface area contributed by atoms with Crippen molar-refractivity contribution in [3.05, 3.63) is 47.8 Å². The zero-order chi connectivity index (χ0) is 23.4. The molecule has 0 saturated heterocycles. The number of nitrogens with one attached hydrogen (secondary N) is 1. The minimum atomic E-state index is -0.390. The average Bonchev–Trinajstić information content (AvgIpc) is 3.38. The molecule has 0 bridgehead atoms. The van der Waals surface area contributed by atoms with Gasteiger partial charge in [0.2, 0.25) is 0 Å². The number of amides is 3. The summed E-state index contributed by atoms with van der Waals surface area (Å²) in [5.41, 5.74) is 2.51. The van der Waals surface area contributed by atoms with Crippen LogP contribution >= 0.6 is 0 Å². The third-order valence-electron chi connectivity index (χ3n) is 5.33. The van der Waals surface area contributed by atoms with E-state index < -0.39 is 0 Å². The van der Waals surface area contributed by atoms with Crippen molar-refractivity contribution in [3.8, 4) is 11.5 Å². The first-order chi connectivity index (χ1) is 15.2. The molecule has 0 spiro atoms. The molecule has 1 aliphatic heterocycles. The fraction of sp³-hybridized carbons (Fsp3) is 0.435. The lowest BCUT2D eigenvalue weighted by molar-refractivity contribution is -0.133. The second-order valence-electron chi connectivity index (χ2n) is 8.08. The molecular weight excluding hydrogens is 410 g/mol. The molecule has 172 valence electrons. The van der Waals surface area contributed by atoms with Crippen molar-refractivity contribution in [1.29, 1.82) is 0 Å². The van der Waals surface area contributed by atoms with Crippen molar-refractivity contribution in [2.45, 2.75) is 32.4 Å². The number of urea groups is 1. The third kappa shape index (κ3) is 4.87. The van der Waals surface area contributed by atoms with Gasteiger partial charge in [0.25, 0.3) is 5.91 Å². The Labute approximate surface area is 188 Å². The van der Waals surface area contributed by atoms with E-state index in [1.807, 2.05) is 62.0 Å². The molecule has 1 atom stereocenters. The number of likely N-dealkylation sites (N-methyl/N-ethyl adjacent to an activating group) is 1. The standard InChI is InChI=1S/C23H31N5O4/c1-15(2)24-23(30)27(4)14-22(29)28-20(13-18(25-28)19-8-7-11-26(19)3)17-12-16(31-5)9-10-21(17)32-6/h7-12,15,20H,13-14H2,1-6H3,(H,24,30)/t20-/m1/s1. The van der Waals surface area contributed by atoms with E-state index in [2.05, 4.69) is 10.4 Å². The van der Waals surface area contributed by atoms with Crippen LogP contribution < -0.4 is 14.8 Å². The van der Waals surface area contributed by atoms with Crippen molar-refractivity contribution in [2.75, 3.05) is 27.8 Å². The fourth-order valence-electron chi connectivity index (χ4n) is 3.70. The summed E-state index contributed by atoms with van der Waals surface area (Å²) in [5.74, 6) is 1.02. The summed E-state index contributed by atoms with van der Waals surface area (Å²) in [6.07, 6.45) is 2.45. The minimum absolute atomic E-state index is 0.0254. The van der Waals surface area contributed by atoms with Gasteiger partial charge in [0.1, 0.15) is 18.0 Å². The fourth-order valence-corrected chi connectivity index (χ4v) is 3.70. The SMILES string of the molecule is COc1ccc(OC)c([C@H]2CC(c3cccn3C)=NN2C(=O)CN(C)C(=O)NC(C)C)c1. The van der Waals surface area contributed by atoms with E-state index in [4.69, 9.17) is 9.47 Å². The number of benzene rings is 1. The van der Waals surface area contributed by atoms with Gasteiger partial charge in [-0.3, -0.25) is 4.79 Å². The molecule has 1 aromatic carbocycles. The van der Waals surface area contributed by atoms with Gasteiger partial charge in [-0.2, -0.15) is 5.10 Å². The van der Waals surface area contributed by atoms with Crippen molar-refractivity contribution in [2.24, 2.45) is 12.1 Å². The van der Waals surface area contributed by atoms with Crippen molar-refractivity contribution in [3.63, 3.8) is 0 Å². The number of hydrogen-bond donors (Lipinski definition) is 1. The van der Waals surface area contributed by atoms with E-state index >= 15 is 0 Å². The van der Waals surface area contributed by atoms with Crippen LogP contribution in [0.15, 0.2) is 41.6 Å². The lowest BCUT2D eigenvalue weighted by atomic mass is 9.99. The van der Waals surface area contributed by atoms with E-state index in [-0.39, 0.29) is 30.6 Å². The Kier molecular flexibility index (Phi) is 7.07. The molecule has 2 heterocycles. The van der Waals surface area contributed by atoms with Crippen LogP contribution in [0.5, 0.6) is 11.5 Å². The van der Waals surface area contributed by atoms with E-state index in [1.165, 1.54) is 9.91 Å². The Morgan fingerprint density at radius 2 is 2.00 bits per heavy atom. The molecule has 3 amide bonds. The van der Waals surface area contributed by atoms with Crippen molar-refractivity contribution < 1.29 is 19.1 Å². The van der Waals surface area contributed by atoms with Gasteiger partial charge in [-0.25, -0.2) is 9.80 Å². The highest BCUT2D eigenvalue weighted by atomic mass is 16.5. The molecule has 3 rings (SSSR count). The van der Waals surface area contributed by atoms with Crippen LogP contribution in [0.4, 0.5) is 4.79 Å². The maximum Gasteiger partial charge on any atom is 0.317 e. The molecule has 2 aromatic rings. The monoisotopic (exact) mass is 441 g/mol. The Hall–Kier alpha value is -3.49. The number of nitrogens with zero attached hydrogens (tertiary/aromatic N) is 4. The maximum atomic E-state index is 13.3. The van der Waals surface area contributed by atoms with Crippen LogP contribution in [0, 0.1) is 0 Å².